The third kappa shape index (κ3) is 5.63. The molecule has 0 radical (unpaired) electrons. The minimum atomic E-state index is -0.188. The zero-order chi connectivity index (χ0) is 12.9. The largest absolute Gasteiger partial charge is 0.369 e. The third-order valence-corrected chi connectivity index (χ3v) is 2.41. The molecule has 94 valence electrons. The third-order valence-electron chi connectivity index (χ3n) is 1.83. The minimum Gasteiger partial charge on any atom is -0.369 e. The van der Waals surface area contributed by atoms with Gasteiger partial charge in [-0.3, -0.25) is 4.79 Å². The van der Waals surface area contributed by atoms with Crippen molar-refractivity contribution in [2.45, 2.75) is 32.7 Å². The number of carbonyl (C=O) groups excluding carboxylic acids is 1. The molecule has 0 spiro atoms. The molecule has 0 saturated heterocycles. The van der Waals surface area contributed by atoms with Crippen LogP contribution in [0.15, 0.2) is 17.0 Å². The van der Waals surface area contributed by atoms with Gasteiger partial charge in [-0.1, -0.05) is 0 Å². The van der Waals surface area contributed by atoms with Crippen molar-refractivity contribution in [3.63, 3.8) is 0 Å². The number of nitrogens with zero attached hydrogens (tertiary/aromatic N) is 2. The summed E-state index contributed by atoms with van der Waals surface area (Å²) >= 11 is 3.32. The molecule has 0 fully saturated rings. The Kier molecular flexibility index (Phi) is 4.86. The summed E-state index contributed by atoms with van der Waals surface area (Å²) in [7, 11) is 0. The smallest absolute Gasteiger partial charge is 0.222 e. The van der Waals surface area contributed by atoms with Gasteiger partial charge in [0.25, 0.3) is 0 Å². The highest BCUT2D eigenvalue weighted by molar-refractivity contribution is 9.10. The lowest BCUT2D eigenvalue weighted by molar-refractivity contribution is -0.122. The van der Waals surface area contributed by atoms with Crippen LogP contribution in [0.5, 0.6) is 0 Å². The molecule has 1 aromatic heterocycles. The van der Waals surface area contributed by atoms with Crippen molar-refractivity contribution in [1.29, 1.82) is 0 Å². The first-order chi connectivity index (χ1) is 7.88. The second-order valence-electron chi connectivity index (χ2n) is 4.69. The highest BCUT2D eigenvalue weighted by Crippen LogP contribution is 2.16. The van der Waals surface area contributed by atoms with Gasteiger partial charge in [-0.05, 0) is 36.7 Å². The number of aromatic nitrogens is 2. The number of halogens is 1. The molecule has 6 heteroatoms. The number of rotatable bonds is 4. The van der Waals surface area contributed by atoms with Gasteiger partial charge >= 0.3 is 0 Å². The van der Waals surface area contributed by atoms with E-state index < -0.39 is 0 Å². The van der Waals surface area contributed by atoms with Crippen LogP contribution in [0.25, 0.3) is 0 Å². The number of nitrogens with one attached hydrogen (secondary N) is 2. The summed E-state index contributed by atoms with van der Waals surface area (Å²) in [6.07, 6.45) is 3.53. The lowest BCUT2D eigenvalue weighted by atomic mass is 10.1. The van der Waals surface area contributed by atoms with E-state index in [2.05, 4.69) is 36.5 Å². The maximum absolute atomic E-state index is 11.5. The maximum atomic E-state index is 11.5. The standard InChI is InChI=1S/C11H17BrN4O/c1-11(2,3)16-9(17)4-5-14-10-8(12)6-13-7-15-10/h6-7H,4-5H2,1-3H3,(H,16,17)(H,13,14,15). The Bertz CT molecular complexity index is 389. The van der Waals surface area contributed by atoms with Crippen molar-refractivity contribution in [2.75, 3.05) is 11.9 Å². The molecular weight excluding hydrogens is 284 g/mol. The Morgan fingerprint density at radius 1 is 1.47 bits per heavy atom. The second kappa shape index (κ2) is 5.95. The fraction of sp³-hybridized carbons (Fsp3) is 0.545. The lowest BCUT2D eigenvalue weighted by Crippen LogP contribution is -2.41. The summed E-state index contributed by atoms with van der Waals surface area (Å²) in [5.74, 6) is 0.721. The fourth-order valence-electron chi connectivity index (χ4n) is 1.22. The average molecular weight is 301 g/mol. The molecular formula is C11H17BrN4O. The van der Waals surface area contributed by atoms with Crippen LogP contribution < -0.4 is 10.6 Å². The molecule has 0 atom stereocenters. The number of hydrogen-bond donors (Lipinski definition) is 2. The summed E-state index contributed by atoms with van der Waals surface area (Å²) in [4.78, 5) is 19.4. The molecule has 0 unspecified atom stereocenters. The quantitative estimate of drug-likeness (QED) is 0.892. The van der Waals surface area contributed by atoms with Crippen LogP contribution in [0.1, 0.15) is 27.2 Å². The Labute approximate surface area is 110 Å². The van der Waals surface area contributed by atoms with E-state index in [-0.39, 0.29) is 11.4 Å². The number of anilines is 1. The summed E-state index contributed by atoms with van der Waals surface area (Å²) in [5.41, 5.74) is -0.188. The van der Waals surface area contributed by atoms with Crippen molar-refractivity contribution < 1.29 is 4.79 Å². The predicted molar refractivity (Wildman–Crippen MR) is 70.7 cm³/mol. The first-order valence-electron chi connectivity index (χ1n) is 5.39. The van der Waals surface area contributed by atoms with E-state index in [0.29, 0.717) is 18.8 Å². The zero-order valence-corrected chi connectivity index (χ0v) is 11.8. The van der Waals surface area contributed by atoms with E-state index in [0.717, 1.165) is 4.47 Å². The summed E-state index contributed by atoms with van der Waals surface area (Å²) < 4.78 is 0.788. The zero-order valence-electron chi connectivity index (χ0n) is 10.2. The van der Waals surface area contributed by atoms with Gasteiger partial charge in [-0.15, -0.1) is 0 Å². The molecule has 2 N–H and O–H groups in total. The van der Waals surface area contributed by atoms with Gasteiger partial charge in [-0.25, -0.2) is 9.97 Å². The average Bonchev–Trinajstić information content (AvgIpc) is 2.18. The van der Waals surface area contributed by atoms with Crippen molar-refractivity contribution in [3.8, 4) is 0 Å². The van der Waals surface area contributed by atoms with E-state index in [4.69, 9.17) is 0 Å². The normalized spacial score (nSPS) is 11.1. The first-order valence-corrected chi connectivity index (χ1v) is 6.18. The van der Waals surface area contributed by atoms with Gasteiger partial charge in [0.15, 0.2) is 0 Å². The molecule has 0 aliphatic rings. The molecule has 17 heavy (non-hydrogen) atoms. The van der Waals surface area contributed by atoms with Gasteiger partial charge in [0.1, 0.15) is 12.1 Å². The van der Waals surface area contributed by atoms with Crippen LogP contribution in [0.2, 0.25) is 0 Å². The molecule has 1 rings (SSSR count). The summed E-state index contributed by atoms with van der Waals surface area (Å²) in [6.45, 7) is 6.41. The maximum Gasteiger partial charge on any atom is 0.222 e. The number of amides is 1. The summed E-state index contributed by atoms with van der Waals surface area (Å²) in [5, 5.41) is 5.97. The molecule has 0 saturated carbocycles. The Morgan fingerprint density at radius 3 is 2.76 bits per heavy atom. The SMILES string of the molecule is CC(C)(C)NC(=O)CCNc1ncncc1Br. The van der Waals surface area contributed by atoms with Crippen molar-refractivity contribution in [3.05, 3.63) is 17.0 Å². The van der Waals surface area contributed by atoms with Crippen LogP contribution in [0.3, 0.4) is 0 Å². The van der Waals surface area contributed by atoms with Crippen molar-refractivity contribution in [1.82, 2.24) is 15.3 Å². The fourth-order valence-corrected chi connectivity index (χ4v) is 1.58. The van der Waals surface area contributed by atoms with Crippen LogP contribution in [-0.2, 0) is 4.79 Å². The highest BCUT2D eigenvalue weighted by Gasteiger charge is 2.13. The van der Waals surface area contributed by atoms with Gasteiger partial charge in [0, 0.05) is 24.7 Å². The van der Waals surface area contributed by atoms with Crippen LogP contribution in [-0.4, -0.2) is 28.0 Å². The summed E-state index contributed by atoms with van der Waals surface area (Å²) in [6, 6.07) is 0. The number of carbonyl (C=O) groups is 1. The molecule has 0 aliphatic heterocycles. The minimum absolute atomic E-state index is 0.0233. The molecule has 1 amide bonds. The monoisotopic (exact) mass is 300 g/mol. The first kappa shape index (κ1) is 13.9. The topological polar surface area (TPSA) is 66.9 Å². The van der Waals surface area contributed by atoms with Crippen molar-refractivity contribution >= 4 is 27.7 Å². The Morgan fingerprint density at radius 2 is 2.18 bits per heavy atom. The van der Waals surface area contributed by atoms with Gasteiger partial charge in [0.05, 0.1) is 4.47 Å². The van der Waals surface area contributed by atoms with E-state index in [1.807, 2.05) is 20.8 Å². The number of hydrogen-bond acceptors (Lipinski definition) is 4. The van der Waals surface area contributed by atoms with E-state index in [1.165, 1.54) is 6.33 Å². The Hall–Kier alpha value is -1.17. The van der Waals surface area contributed by atoms with E-state index in [1.54, 1.807) is 6.20 Å². The highest BCUT2D eigenvalue weighted by atomic mass is 79.9. The van der Waals surface area contributed by atoms with Gasteiger partial charge < -0.3 is 10.6 Å². The molecule has 1 heterocycles. The molecule has 5 nitrogen and oxygen atoms in total. The van der Waals surface area contributed by atoms with Crippen LogP contribution in [0, 0.1) is 0 Å². The van der Waals surface area contributed by atoms with Crippen molar-refractivity contribution in [2.24, 2.45) is 0 Å². The molecule has 0 aliphatic carbocycles. The van der Waals surface area contributed by atoms with Crippen LogP contribution in [0.4, 0.5) is 5.82 Å². The van der Waals surface area contributed by atoms with E-state index in [9.17, 15) is 4.79 Å². The predicted octanol–water partition coefficient (Wildman–Crippen LogP) is 1.96. The van der Waals surface area contributed by atoms with Crippen LogP contribution >= 0.6 is 15.9 Å². The second-order valence-corrected chi connectivity index (χ2v) is 5.55. The molecule has 1 aromatic rings. The van der Waals surface area contributed by atoms with Gasteiger partial charge in [-0.2, -0.15) is 0 Å². The van der Waals surface area contributed by atoms with Gasteiger partial charge in [0.2, 0.25) is 5.91 Å². The molecule has 0 aromatic carbocycles. The lowest BCUT2D eigenvalue weighted by Gasteiger charge is -2.20. The molecule has 0 bridgehead atoms. The Balaban J connectivity index is 2.34. The van der Waals surface area contributed by atoms with E-state index >= 15 is 0 Å².